The summed E-state index contributed by atoms with van der Waals surface area (Å²) in [5, 5.41) is 0. The lowest BCUT2D eigenvalue weighted by Gasteiger charge is -2.11. The van der Waals surface area contributed by atoms with Crippen molar-refractivity contribution in [3.8, 4) is 69.0 Å². The van der Waals surface area contributed by atoms with Gasteiger partial charge in [0.2, 0.25) is 0 Å². The van der Waals surface area contributed by atoms with Crippen LogP contribution in [-0.4, -0.2) is 26.9 Å². The van der Waals surface area contributed by atoms with E-state index in [4.69, 9.17) is 23.7 Å². The van der Waals surface area contributed by atoms with Crippen molar-refractivity contribution in [1.29, 1.82) is 0 Å². The number of hydrogen-bond donors (Lipinski definition) is 0. The average molecular weight is 850 g/mol. The Balaban J connectivity index is 1.03. The number of para-hydroxylation sites is 1. The molecule has 10 nitrogen and oxygen atoms in total. The molecular weight excluding hydrogens is 791 g/mol. The van der Waals surface area contributed by atoms with Crippen LogP contribution in [0.1, 0.15) is 117 Å². The molecule has 0 radical (unpaired) electrons. The Morgan fingerprint density at radius 2 is 0.635 bits per heavy atom. The number of carbonyl (C=O) groups excluding carboxylic acids is 2. The second-order valence-electron chi connectivity index (χ2n) is 15.6. The van der Waals surface area contributed by atoms with Crippen molar-refractivity contribution in [2.24, 2.45) is 0 Å². The molecule has 0 saturated heterocycles. The highest BCUT2D eigenvalue weighted by molar-refractivity contribution is 5.74. The number of nitrogens with zero attached hydrogens (tertiary/aromatic N) is 3. The molecule has 328 valence electrons. The summed E-state index contributed by atoms with van der Waals surface area (Å²) >= 11 is 0. The van der Waals surface area contributed by atoms with Crippen LogP contribution in [-0.2, 0) is 9.59 Å². The number of hydrogen-bond acceptors (Lipinski definition) is 10. The SMILES string of the molecule is CCCCCCCCCC(=O)Oc1ccc(-c2ccc(Oc3nc(Oc4ccccc4)nc(Oc4ccc(-c5ccc(OC(=O)CCCCCCCCC)cc5)cc4)n3)cc2)cc1. The van der Waals surface area contributed by atoms with E-state index in [2.05, 4.69) is 28.8 Å². The monoisotopic (exact) mass is 849 g/mol. The first kappa shape index (κ1) is 46.0. The fourth-order valence-corrected chi connectivity index (χ4v) is 6.94. The highest BCUT2D eigenvalue weighted by Crippen LogP contribution is 2.31. The third-order valence-electron chi connectivity index (χ3n) is 10.5. The summed E-state index contributed by atoms with van der Waals surface area (Å²) in [6.07, 6.45) is 17.0. The summed E-state index contributed by atoms with van der Waals surface area (Å²) in [6.45, 7) is 4.42. The molecule has 1 heterocycles. The molecule has 1 aromatic heterocycles. The fraction of sp³-hybridized carbons (Fsp3) is 0.340. The van der Waals surface area contributed by atoms with Crippen molar-refractivity contribution in [3.05, 3.63) is 127 Å². The molecule has 0 N–H and O–H groups in total. The van der Waals surface area contributed by atoms with Gasteiger partial charge in [-0.15, -0.1) is 15.0 Å². The minimum atomic E-state index is -0.201. The first-order valence-electron chi connectivity index (χ1n) is 22.6. The molecule has 0 aliphatic carbocycles. The molecular formula is C53H59N3O7. The smallest absolute Gasteiger partial charge is 0.331 e. The van der Waals surface area contributed by atoms with Gasteiger partial charge in [-0.25, -0.2) is 0 Å². The van der Waals surface area contributed by atoms with Gasteiger partial charge in [-0.1, -0.05) is 158 Å². The number of carbonyl (C=O) groups is 2. The van der Waals surface area contributed by atoms with E-state index in [1.807, 2.05) is 115 Å². The molecule has 0 saturated carbocycles. The Hall–Kier alpha value is -6.55. The lowest BCUT2D eigenvalue weighted by Crippen LogP contribution is -2.07. The molecule has 0 aliphatic heterocycles. The standard InChI is InChI=1S/C53H59N3O7/c1-3-5-7-9-11-13-18-22-49(57)59-45-32-24-40(25-33-45)42-28-36-47(37-29-42)62-52-54-51(61-44-20-16-15-17-21-44)55-53(56-52)63-48-38-30-43(31-39-48)41-26-34-46(35-27-41)60-50(58)23-19-14-12-10-8-6-4-2/h15-17,20-21,24-39H,3-14,18-19,22-23H2,1-2H3. The van der Waals surface area contributed by atoms with E-state index in [0.717, 1.165) is 60.8 Å². The second kappa shape index (κ2) is 25.4. The zero-order chi connectivity index (χ0) is 43.9. The van der Waals surface area contributed by atoms with Gasteiger partial charge in [0.15, 0.2) is 0 Å². The number of ether oxygens (including phenoxy) is 5. The van der Waals surface area contributed by atoms with E-state index in [9.17, 15) is 9.59 Å². The minimum Gasteiger partial charge on any atom is -0.427 e. The van der Waals surface area contributed by atoms with Crippen molar-refractivity contribution in [3.63, 3.8) is 0 Å². The van der Waals surface area contributed by atoms with Crippen LogP contribution in [0.2, 0.25) is 0 Å². The van der Waals surface area contributed by atoms with Gasteiger partial charge in [0.05, 0.1) is 0 Å². The first-order valence-corrected chi connectivity index (χ1v) is 22.6. The maximum atomic E-state index is 12.4. The van der Waals surface area contributed by atoms with Gasteiger partial charge < -0.3 is 23.7 Å². The summed E-state index contributed by atoms with van der Waals surface area (Å²) in [7, 11) is 0. The van der Waals surface area contributed by atoms with Crippen LogP contribution >= 0.6 is 0 Å². The Labute approximate surface area is 372 Å². The second-order valence-corrected chi connectivity index (χ2v) is 15.6. The van der Waals surface area contributed by atoms with Crippen molar-refractivity contribution >= 4 is 11.9 Å². The van der Waals surface area contributed by atoms with Crippen molar-refractivity contribution in [2.45, 2.75) is 117 Å². The van der Waals surface area contributed by atoms with E-state index < -0.39 is 0 Å². The molecule has 6 rings (SSSR count). The zero-order valence-corrected chi connectivity index (χ0v) is 36.6. The lowest BCUT2D eigenvalue weighted by molar-refractivity contribution is -0.135. The Kier molecular flexibility index (Phi) is 18.5. The van der Waals surface area contributed by atoms with Gasteiger partial charge in [0.25, 0.3) is 0 Å². The number of rotatable bonds is 26. The van der Waals surface area contributed by atoms with Gasteiger partial charge in [-0.3, -0.25) is 9.59 Å². The number of aromatic nitrogens is 3. The molecule has 0 fully saturated rings. The molecule has 0 amide bonds. The quantitative estimate of drug-likeness (QED) is 0.0296. The van der Waals surface area contributed by atoms with E-state index in [1.165, 1.54) is 51.4 Å². The van der Waals surface area contributed by atoms with Crippen molar-refractivity contribution in [2.75, 3.05) is 0 Å². The molecule has 5 aromatic carbocycles. The number of benzene rings is 5. The Morgan fingerprint density at radius 1 is 0.349 bits per heavy atom. The van der Waals surface area contributed by atoms with E-state index >= 15 is 0 Å². The van der Waals surface area contributed by atoms with Gasteiger partial charge in [-0.2, -0.15) is 0 Å². The average Bonchev–Trinajstić information content (AvgIpc) is 3.30. The van der Waals surface area contributed by atoms with E-state index in [0.29, 0.717) is 41.6 Å². The zero-order valence-electron chi connectivity index (χ0n) is 36.6. The minimum absolute atomic E-state index is 0.000777. The van der Waals surface area contributed by atoms with E-state index in [-0.39, 0.29) is 30.0 Å². The molecule has 0 atom stereocenters. The Morgan fingerprint density at radius 3 is 0.968 bits per heavy atom. The molecule has 0 aliphatic rings. The van der Waals surface area contributed by atoms with Crippen molar-refractivity contribution in [1.82, 2.24) is 15.0 Å². The van der Waals surface area contributed by atoms with Crippen LogP contribution in [0.25, 0.3) is 22.3 Å². The van der Waals surface area contributed by atoms with Crippen LogP contribution < -0.4 is 23.7 Å². The highest BCUT2D eigenvalue weighted by Gasteiger charge is 2.14. The number of unbranched alkanes of at least 4 members (excludes halogenated alkanes) is 12. The predicted octanol–water partition coefficient (Wildman–Crippen LogP) is 14.7. The molecule has 0 bridgehead atoms. The van der Waals surface area contributed by atoms with Crippen LogP contribution in [0.4, 0.5) is 0 Å². The molecule has 0 unspecified atom stereocenters. The van der Waals surface area contributed by atoms with Gasteiger partial charge in [0, 0.05) is 12.8 Å². The lowest BCUT2D eigenvalue weighted by atomic mass is 10.1. The Bertz CT molecular complexity index is 2130. The summed E-state index contributed by atoms with van der Waals surface area (Å²) in [5.41, 5.74) is 3.82. The maximum absolute atomic E-state index is 12.4. The predicted molar refractivity (Wildman–Crippen MR) is 247 cm³/mol. The van der Waals surface area contributed by atoms with Crippen molar-refractivity contribution < 1.29 is 33.3 Å². The van der Waals surface area contributed by atoms with Crippen LogP contribution in [0, 0.1) is 0 Å². The normalized spacial score (nSPS) is 10.9. The summed E-state index contributed by atoms with van der Waals surface area (Å²) in [6, 6.07) is 39.1. The van der Waals surface area contributed by atoms with Crippen LogP contribution in [0.5, 0.6) is 46.8 Å². The van der Waals surface area contributed by atoms with Gasteiger partial charge >= 0.3 is 30.0 Å². The summed E-state index contributed by atoms with van der Waals surface area (Å²) < 4.78 is 29.3. The molecule has 10 heteroatoms. The van der Waals surface area contributed by atoms with Gasteiger partial charge in [-0.05, 0) is 95.8 Å². The highest BCUT2D eigenvalue weighted by atomic mass is 16.5. The van der Waals surface area contributed by atoms with Gasteiger partial charge in [0.1, 0.15) is 28.7 Å². The fourth-order valence-electron chi connectivity index (χ4n) is 6.94. The summed E-state index contributed by atoms with van der Waals surface area (Å²) in [4.78, 5) is 38.0. The summed E-state index contributed by atoms with van der Waals surface area (Å²) in [5.74, 6) is 2.19. The third kappa shape index (κ3) is 16.0. The van der Waals surface area contributed by atoms with Crippen LogP contribution in [0.15, 0.2) is 127 Å². The molecule has 6 aromatic rings. The topological polar surface area (TPSA) is 119 Å². The third-order valence-corrected chi connectivity index (χ3v) is 10.5. The van der Waals surface area contributed by atoms with Crippen LogP contribution in [0.3, 0.4) is 0 Å². The van der Waals surface area contributed by atoms with E-state index in [1.54, 1.807) is 12.1 Å². The first-order chi connectivity index (χ1) is 30.9. The number of esters is 2. The largest absolute Gasteiger partial charge is 0.427 e. The maximum Gasteiger partial charge on any atom is 0.331 e. The molecule has 63 heavy (non-hydrogen) atoms. The molecule has 0 spiro atoms.